The standard InChI is InChI=1S/C19H25N5O3S2/c1-14-20-19(22-21-14)28-13-18(25)23-8-10-24(11-9-23)29(26,27)17-7-6-15-4-2-3-5-16(15)12-17/h6-7,12H,2-5,8-11,13H2,1H3,(H,20,21,22). The number of aromatic amines is 1. The van der Waals surface area contributed by atoms with E-state index in [0.717, 1.165) is 24.8 Å². The molecule has 1 aromatic carbocycles. The molecule has 156 valence electrons. The Hall–Kier alpha value is -1.91. The van der Waals surface area contributed by atoms with Crippen LogP contribution in [-0.2, 0) is 27.7 Å². The van der Waals surface area contributed by atoms with Crippen molar-refractivity contribution in [2.24, 2.45) is 0 Å². The molecule has 2 aliphatic rings. The Morgan fingerprint density at radius 2 is 1.86 bits per heavy atom. The quantitative estimate of drug-likeness (QED) is 0.717. The fraction of sp³-hybridized carbons (Fsp3) is 0.526. The number of piperazine rings is 1. The molecule has 1 aromatic heterocycles. The number of hydrogen-bond acceptors (Lipinski definition) is 6. The van der Waals surface area contributed by atoms with Gasteiger partial charge in [-0.05, 0) is 55.9 Å². The van der Waals surface area contributed by atoms with Gasteiger partial charge in [-0.1, -0.05) is 17.8 Å². The molecule has 1 aliphatic heterocycles. The van der Waals surface area contributed by atoms with E-state index in [-0.39, 0.29) is 11.7 Å². The lowest BCUT2D eigenvalue weighted by Crippen LogP contribution is -2.51. The third-order valence-electron chi connectivity index (χ3n) is 5.45. The Bertz CT molecular complexity index is 997. The summed E-state index contributed by atoms with van der Waals surface area (Å²) < 4.78 is 27.6. The Kier molecular flexibility index (Phi) is 5.93. The summed E-state index contributed by atoms with van der Waals surface area (Å²) in [7, 11) is -3.53. The predicted octanol–water partition coefficient (Wildman–Crippen LogP) is 1.62. The third-order valence-corrected chi connectivity index (χ3v) is 8.18. The van der Waals surface area contributed by atoms with Crippen LogP contribution in [0.5, 0.6) is 0 Å². The summed E-state index contributed by atoms with van der Waals surface area (Å²) in [5, 5.41) is 7.30. The smallest absolute Gasteiger partial charge is 0.243 e. The summed E-state index contributed by atoms with van der Waals surface area (Å²) in [6, 6.07) is 5.53. The monoisotopic (exact) mass is 435 g/mol. The number of rotatable bonds is 5. The van der Waals surface area contributed by atoms with Gasteiger partial charge < -0.3 is 4.90 Å². The molecule has 1 aliphatic carbocycles. The minimum absolute atomic E-state index is 0.0247. The molecule has 29 heavy (non-hydrogen) atoms. The molecule has 10 heteroatoms. The molecule has 4 rings (SSSR count). The van der Waals surface area contributed by atoms with Gasteiger partial charge in [-0.15, -0.1) is 5.10 Å². The van der Waals surface area contributed by atoms with Crippen LogP contribution in [0.15, 0.2) is 28.3 Å². The Morgan fingerprint density at radius 3 is 2.55 bits per heavy atom. The number of hydrogen-bond donors (Lipinski definition) is 1. The number of amides is 1. The third kappa shape index (κ3) is 4.49. The average molecular weight is 436 g/mol. The normalized spacial score (nSPS) is 17.9. The van der Waals surface area contributed by atoms with E-state index in [4.69, 9.17) is 0 Å². The SMILES string of the molecule is Cc1nc(SCC(=O)N2CCN(S(=O)(=O)c3ccc4c(c3)CCCC4)CC2)n[nH]1. The Balaban J connectivity index is 1.35. The number of nitrogens with one attached hydrogen (secondary N) is 1. The van der Waals surface area contributed by atoms with Gasteiger partial charge >= 0.3 is 0 Å². The lowest BCUT2D eigenvalue weighted by molar-refractivity contribution is -0.129. The van der Waals surface area contributed by atoms with Crippen LogP contribution in [0.2, 0.25) is 0 Å². The summed E-state index contributed by atoms with van der Waals surface area (Å²) in [6.45, 7) is 3.24. The van der Waals surface area contributed by atoms with Gasteiger partial charge in [0.05, 0.1) is 10.6 Å². The van der Waals surface area contributed by atoms with Gasteiger partial charge in [-0.3, -0.25) is 9.89 Å². The molecule has 1 N–H and O–H groups in total. The van der Waals surface area contributed by atoms with Crippen molar-refractivity contribution in [1.82, 2.24) is 24.4 Å². The number of sulfonamides is 1. The zero-order valence-electron chi connectivity index (χ0n) is 16.4. The first kappa shape index (κ1) is 20.4. The van der Waals surface area contributed by atoms with E-state index in [0.29, 0.717) is 42.1 Å². The fourth-order valence-electron chi connectivity index (χ4n) is 3.80. The molecule has 0 atom stereocenters. The predicted molar refractivity (Wildman–Crippen MR) is 110 cm³/mol. The highest BCUT2D eigenvalue weighted by molar-refractivity contribution is 7.99. The first-order chi connectivity index (χ1) is 13.9. The molecular weight excluding hydrogens is 410 g/mol. The van der Waals surface area contributed by atoms with Crippen molar-refractivity contribution in [2.75, 3.05) is 31.9 Å². The summed E-state index contributed by atoms with van der Waals surface area (Å²) in [4.78, 5) is 18.7. The van der Waals surface area contributed by atoms with Crippen LogP contribution in [0, 0.1) is 6.92 Å². The van der Waals surface area contributed by atoms with Gasteiger partial charge in [0.2, 0.25) is 21.1 Å². The van der Waals surface area contributed by atoms with Crippen LogP contribution < -0.4 is 0 Å². The number of H-pyrrole nitrogens is 1. The van der Waals surface area contributed by atoms with Crippen LogP contribution in [0.3, 0.4) is 0 Å². The van der Waals surface area contributed by atoms with Crippen molar-refractivity contribution in [3.8, 4) is 0 Å². The first-order valence-electron chi connectivity index (χ1n) is 9.85. The minimum atomic E-state index is -3.53. The Labute approximate surface area is 175 Å². The number of nitrogens with zero attached hydrogens (tertiary/aromatic N) is 4. The van der Waals surface area contributed by atoms with Gasteiger partial charge in [0.25, 0.3) is 0 Å². The van der Waals surface area contributed by atoms with E-state index in [1.54, 1.807) is 17.9 Å². The number of carbonyl (C=O) groups excluding carboxylic acids is 1. The molecule has 0 saturated carbocycles. The number of aromatic nitrogens is 3. The molecular formula is C19H25N5O3S2. The van der Waals surface area contributed by atoms with Crippen molar-refractivity contribution >= 4 is 27.7 Å². The lowest BCUT2D eigenvalue weighted by atomic mass is 9.92. The minimum Gasteiger partial charge on any atom is -0.339 e. The van der Waals surface area contributed by atoms with E-state index >= 15 is 0 Å². The molecule has 1 fully saturated rings. The number of carbonyl (C=O) groups is 1. The number of benzene rings is 1. The van der Waals surface area contributed by atoms with Crippen molar-refractivity contribution in [2.45, 2.75) is 42.7 Å². The van der Waals surface area contributed by atoms with Crippen LogP contribution in [0.25, 0.3) is 0 Å². The van der Waals surface area contributed by atoms with Crippen LogP contribution in [0.1, 0.15) is 29.8 Å². The molecule has 0 unspecified atom stereocenters. The van der Waals surface area contributed by atoms with E-state index in [1.807, 2.05) is 12.1 Å². The van der Waals surface area contributed by atoms with Crippen LogP contribution >= 0.6 is 11.8 Å². The van der Waals surface area contributed by atoms with Crippen LogP contribution in [-0.4, -0.2) is 70.6 Å². The van der Waals surface area contributed by atoms with Gasteiger partial charge in [-0.2, -0.15) is 4.31 Å². The largest absolute Gasteiger partial charge is 0.339 e. The number of fused-ring (bicyclic) bond motifs is 1. The summed E-state index contributed by atoms with van der Waals surface area (Å²) in [5.74, 6) is 0.929. The maximum Gasteiger partial charge on any atom is 0.243 e. The molecule has 0 radical (unpaired) electrons. The maximum absolute atomic E-state index is 13.1. The second kappa shape index (κ2) is 8.45. The number of aryl methyl sites for hydroxylation is 3. The maximum atomic E-state index is 13.1. The molecule has 0 spiro atoms. The van der Waals surface area contributed by atoms with Crippen molar-refractivity contribution < 1.29 is 13.2 Å². The molecule has 2 aromatic rings. The first-order valence-corrected chi connectivity index (χ1v) is 12.3. The number of thioether (sulfide) groups is 1. The van der Waals surface area contributed by atoms with Gasteiger partial charge in [0.1, 0.15) is 5.82 Å². The second-order valence-electron chi connectivity index (χ2n) is 7.41. The molecule has 2 heterocycles. The zero-order chi connectivity index (χ0) is 20.4. The summed E-state index contributed by atoms with van der Waals surface area (Å²) in [5.41, 5.74) is 2.43. The van der Waals surface area contributed by atoms with E-state index in [1.165, 1.54) is 28.1 Å². The average Bonchev–Trinajstić information content (AvgIpc) is 3.17. The fourth-order valence-corrected chi connectivity index (χ4v) is 6.02. The zero-order valence-corrected chi connectivity index (χ0v) is 18.1. The topological polar surface area (TPSA) is 99.3 Å². The molecule has 1 amide bonds. The van der Waals surface area contributed by atoms with Crippen LogP contribution in [0.4, 0.5) is 0 Å². The van der Waals surface area contributed by atoms with E-state index in [9.17, 15) is 13.2 Å². The second-order valence-corrected chi connectivity index (χ2v) is 10.3. The van der Waals surface area contributed by atoms with Crippen molar-refractivity contribution in [3.63, 3.8) is 0 Å². The highest BCUT2D eigenvalue weighted by Crippen LogP contribution is 2.26. The highest BCUT2D eigenvalue weighted by Gasteiger charge is 2.30. The molecule has 8 nitrogen and oxygen atoms in total. The van der Waals surface area contributed by atoms with E-state index in [2.05, 4.69) is 15.2 Å². The summed E-state index contributed by atoms with van der Waals surface area (Å²) in [6.07, 6.45) is 4.26. The summed E-state index contributed by atoms with van der Waals surface area (Å²) >= 11 is 1.28. The van der Waals surface area contributed by atoms with Crippen molar-refractivity contribution in [1.29, 1.82) is 0 Å². The molecule has 1 saturated heterocycles. The van der Waals surface area contributed by atoms with Gasteiger partial charge in [-0.25, -0.2) is 13.4 Å². The lowest BCUT2D eigenvalue weighted by Gasteiger charge is -2.34. The Morgan fingerprint density at radius 1 is 1.14 bits per heavy atom. The van der Waals surface area contributed by atoms with E-state index < -0.39 is 10.0 Å². The highest BCUT2D eigenvalue weighted by atomic mass is 32.2. The van der Waals surface area contributed by atoms with Gasteiger partial charge in [0.15, 0.2) is 0 Å². The van der Waals surface area contributed by atoms with Crippen molar-refractivity contribution in [3.05, 3.63) is 35.2 Å². The van der Waals surface area contributed by atoms with Gasteiger partial charge in [0, 0.05) is 26.2 Å². The molecule has 0 bridgehead atoms.